The molecule has 0 radical (unpaired) electrons. The predicted molar refractivity (Wildman–Crippen MR) is 183 cm³/mol. The van der Waals surface area contributed by atoms with Gasteiger partial charge in [-0.15, -0.1) is 0 Å². The Labute approximate surface area is 286 Å². The average molecular weight is 676 g/mol. The molecule has 13 heteroatoms. The number of amides is 4. The second-order valence-corrected chi connectivity index (χ2v) is 11.2. The Balaban J connectivity index is 1.57. The first kappa shape index (κ1) is 33.6. The van der Waals surface area contributed by atoms with Crippen LogP contribution in [-0.2, 0) is 25.6 Å². The number of aromatic nitrogens is 2. The highest BCUT2D eigenvalue weighted by Crippen LogP contribution is 2.34. The Morgan fingerprint density at radius 1 is 0.880 bits per heavy atom. The third-order valence-corrected chi connectivity index (χ3v) is 8.15. The summed E-state index contributed by atoms with van der Waals surface area (Å²) in [5.41, 5.74) is 0.919. The molecule has 0 aliphatic carbocycles. The van der Waals surface area contributed by atoms with Crippen LogP contribution in [0.2, 0.25) is 0 Å². The fourth-order valence-electron chi connectivity index (χ4n) is 5.83. The molecule has 254 valence electrons. The summed E-state index contributed by atoms with van der Waals surface area (Å²) >= 11 is 0. The number of fused-ring (bicyclic) bond motifs is 1. The molecule has 50 heavy (non-hydrogen) atoms. The number of ether oxygens (including phenoxy) is 3. The van der Waals surface area contributed by atoms with Crippen LogP contribution in [0, 0.1) is 0 Å². The molecule has 2 unspecified atom stereocenters. The number of methoxy groups -OCH3 is 2. The lowest BCUT2D eigenvalue weighted by atomic mass is 10.1. The fraction of sp³-hybridized carbons (Fsp3) is 0.189. The zero-order chi connectivity index (χ0) is 35.4. The van der Waals surface area contributed by atoms with Gasteiger partial charge in [0.05, 0.1) is 48.6 Å². The summed E-state index contributed by atoms with van der Waals surface area (Å²) in [6, 6.07) is 25.7. The van der Waals surface area contributed by atoms with Crippen molar-refractivity contribution in [1.82, 2.24) is 19.4 Å². The number of carbonyl (C=O) groups excluding carboxylic acids is 4. The maximum absolute atomic E-state index is 14.7. The van der Waals surface area contributed by atoms with Gasteiger partial charge in [0.15, 0.2) is 6.04 Å². The molecule has 13 nitrogen and oxygen atoms in total. The molecule has 0 saturated carbocycles. The SMILES string of the molecule is CCOC1C(=O)N(C(C(=O)Nc2cc(C(=O)OC)ccc2OC)c2nc3ccccc3c(=O)n2-c2ccccc2)C(=O)N1Cc1ccccc1. The van der Waals surface area contributed by atoms with Gasteiger partial charge in [-0.1, -0.05) is 60.7 Å². The molecule has 0 spiro atoms. The Morgan fingerprint density at radius 2 is 1.56 bits per heavy atom. The minimum absolute atomic E-state index is 0.00738. The molecule has 1 saturated heterocycles. The van der Waals surface area contributed by atoms with Crippen LogP contribution in [-0.4, -0.2) is 70.2 Å². The highest BCUT2D eigenvalue weighted by molar-refractivity contribution is 6.09. The average Bonchev–Trinajstić information content (AvgIpc) is 3.36. The number of urea groups is 1. The van der Waals surface area contributed by atoms with E-state index in [1.165, 1.54) is 41.9 Å². The van der Waals surface area contributed by atoms with Gasteiger partial charge in [0.25, 0.3) is 17.4 Å². The summed E-state index contributed by atoms with van der Waals surface area (Å²) in [6.07, 6.45) is -1.38. The minimum Gasteiger partial charge on any atom is -0.495 e. The summed E-state index contributed by atoms with van der Waals surface area (Å²) < 4.78 is 17.3. The van der Waals surface area contributed by atoms with Crippen LogP contribution in [0.1, 0.15) is 34.7 Å². The standard InChI is InChI=1S/C37H33N5O8/c1-4-50-35-34(45)42(37(47)40(35)22-23-13-7-5-8-14-23)30(32(43)39-28-21-24(36(46)49-3)19-20-29(28)48-2)31-38-27-18-12-11-17-26(27)33(44)41(31)25-15-9-6-10-16-25/h5-21,30,35H,4,22H2,1-3H3,(H,39,43). The van der Waals surface area contributed by atoms with Crippen molar-refractivity contribution in [3.05, 3.63) is 130 Å². The topological polar surface area (TPSA) is 149 Å². The molecule has 0 bridgehead atoms. The minimum atomic E-state index is -1.82. The van der Waals surface area contributed by atoms with Crippen molar-refractivity contribution in [3.8, 4) is 11.4 Å². The number of nitrogens with one attached hydrogen (secondary N) is 1. The summed E-state index contributed by atoms with van der Waals surface area (Å²) in [6.45, 7) is 1.76. The third kappa shape index (κ3) is 6.29. The fourth-order valence-corrected chi connectivity index (χ4v) is 5.83. The van der Waals surface area contributed by atoms with Crippen molar-refractivity contribution in [1.29, 1.82) is 0 Å². The van der Waals surface area contributed by atoms with Gasteiger partial charge in [-0.3, -0.25) is 23.9 Å². The summed E-state index contributed by atoms with van der Waals surface area (Å²) in [5.74, 6) is -2.46. The lowest BCUT2D eigenvalue weighted by molar-refractivity contribution is -0.145. The molecule has 1 aromatic heterocycles. The molecular formula is C37H33N5O8. The first-order valence-electron chi connectivity index (χ1n) is 15.7. The van der Waals surface area contributed by atoms with Gasteiger partial charge in [-0.25, -0.2) is 19.5 Å². The lowest BCUT2D eigenvalue weighted by Gasteiger charge is -2.27. The van der Waals surface area contributed by atoms with Crippen LogP contribution in [0.25, 0.3) is 16.6 Å². The van der Waals surface area contributed by atoms with Crippen LogP contribution in [0.4, 0.5) is 10.5 Å². The molecule has 4 amide bonds. The van der Waals surface area contributed by atoms with E-state index in [0.29, 0.717) is 5.69 Å². The maximum atomic E-state index is 14.7. The Hall–Kier alpha value is -6.34. The Morgan fingerprint density at radius 3 is 2.24 bits per heavy atom. The number of para-hydroxylation sites is 2. The molecular weight excluding hydrogens is 642 g/mol. The van der Waals surface area contributed by atoms with Crippen LogP contribution >= 0.6 is 0 Å². The van der Waals surface area contributed by atoms with Crippen LogP contribution in [0.3, 0.4) is 0 Å². The van der Waals surface area contributed by atoms with Gasteiger partial charge in [-0.05, 0) is 55.0 Å². The number of esters is 1. The normalized spacial score (nSPS) is 14.9. The van der Waals surface area contributed by atoms with E-state index in [-0.39, 0.29) is 46.9 Å². The molecule has 4 aromatic carbocycles. The predicted octanol–water partition coefficient (Wildman–Crippen LogP) is 4.69. The molecule has 5 aromatic rings. The smallest absolute Gasteiger partial charge is 0.337 e. The third-order valence-electron chi connectivity index (χ3n) is 8.15. The van der Waals surface area contributed by atoms with Gasteiger partial charge in [-0.2, -0.15) is 0 Å². The first-order chi connectivity index (χ1) is 24.3. The van der Waals surface area contributed by atoms with E-state index in [2.05, 4.69) is 5.32 Å². The largest absolute Gasteiger partial charge is 0.495 e. The van der Waals surface area contributed by atoms with Gasteiger partial charge >= 0.3 is 12.0 Å². The van der Waals surface area contributed by atoms with Gasteiger partial charge < -0.3 is 19.5 Å². The summed E-state index contributed by atoms with van der Waals surface area (Å²) in [5, 5.41) is 2.98. The molecule has 1 fully saturated rings. The number of carbonyl (C=O) groups is 4. The van der Waals surface area contributed by atoms with Crippen LogP contribution in [0.5, 0.6) is 5.75 Å². The maximum Gasteiger partial charge on any atom is 0.337 e. The van der Waals surface area contributed by atoms with E-state index < -0.39 is 41.6 Å². The molecule has 2 atom stereocenters. The summed E-state index contributed by atoms with van der Waals surface area (Å²) in [7, 11) is 2.59. The number of nitrogens with zero attached hydrogens (tertiary/aromatic N) is 4. The van der Waals surface area contributed by atoms with E-state index in [4.69, 9.17) is 19.2 Å². The number of benzene rings is 4. The van der Waals surface area contributed by atoms with Crippen molar-refractivity contribution < 1.29 is 33.4 Å². The molecule has 1 N–H and O–H groups in total. The van der Waals surface area contributed by atoms with E-state index >= 15 is 0 Å². The van der Waals surface area contributed by atoms with Crippen LogP contribution < -0.4 is 15.6 Å². The van der Waals surface area contributed by atoms with E-state index in [0.717, 1.165) is 10.5 Å². The highest BCUT2D eigenvalue weighted by Gasteiger charge is 2.52. The van der Waals surface area contributed by atoms with Crippen molar-refractivity contribution in [2.24, 2.45) is 0 Å². The molecule has 2 heterocycles. The molecule has 1 aliphatic rings. The van der Waals surface area contributed by atoms with Crippen molar-refractivity contribution in [2.45, 2.75) is 25.7 Å². The Kier molecular flexibility index (Phi) is 9.68. The zero-order valence-electron chi connectivity index (χ0n) is 27.4. The second-order valence-electron chi connectivity index (χ2n) is 11.2. The molecule has 1 aliphatic heterocycles. The van der Waals surface area contributed by atoms with Crippen LogP contribution in [0.15, 0.2) is 108 Å². The Bertz CT molecular complexity index is 2140. The number of imide groups is 1. The number of rotatable bonds is 11. The highest BCUT2D eigenvalue weighted by atomic mass is 16.5. The summed E-state index contributed by atoms with van der Waals surface area (Å²) in [4.78, 5) is 76.9. The monoisotopic (exact) mass is 675 g/mol. The number of hydrogen-bond acceptors (Lipinski definition) is 9. The van der Waals surface area contributed by atoms with E-state index in [1.807, 2.05) is 6.07 Å². The van der Waals surface area contributed by atoms with Crippen molar-refractivity contribution >= 4 is 40.4 Å². The molecule has 6 rings (SSSR count). The van der Waals surface area contributed by atoms with Gasteiger partial charge in [0.2, 0.25) is 6.23 Å². The number of anilines is 1. The first-order valence-corrected chi connectivity index (χ1v) is 15.7. The lowest BCUT2D eigenvalue weighted by Crippen LogP contribution is -2.45. The van der Waals surface area contributed by atoms with E-state index in [1.54, 1.807) is 85.8 Å². The van der Waals surface area contributed by atoms with Gasteiger partial charge in [0.1, 0.15) is 11.6 Å². The van der Waals surface area contributed by atoms with E-state index in [9.17, 15) is 24.0 Å². The van der Waals surface area contributed by atoms with Crippen molar-refractivity contribution in [2.75, 3.05) is 26.1 Å². The zero-order valence-corrected chi connectivity index (χ0v) is 27.4. The van der Waals surface area contributed by atoms with Crippen molar-refractivity contribution in [3.63, 3.8) is 0 Å². The quantitative estimate of drug-likeness (QED) is 0.155. The van der Waals surface area contributed by atoms with Gasteiger partial charge in [0, 0.05) is 6.61 Å². The second kappa shape index (κ2) is 14.4. The number of hydrogen-bond donors (Lipinski definition) is 1.